The Bertz CT molecular complexity index is 808. The third-order valence-corrected chi connectivity index (χ3v) is 6.76. The fourth-order valence-electron chi connectivity index (χ4n) is 5.04. The molecule has 2 saturated carbocycles. The minimum absolute atomic E-state index is 0.133. The molecule has 0 spiro atoms. The van der Waals surface area contributed by atoms with Gasteiger partial charge in [-0.05, 0) is 62.6 Å². The zero-order chi connectivity index (χ0) is 20.2. The first kappa shape index (κ1) is 20.0. The fraction of sp³-hybridized carbons (Fsp3) is 0.583. The molecule has 0 radical (unpaired) electrons. The Morgan fingerprint density at radius 3 is 2.59 bits per heavy atom. The number of aryl methyl sites for hydroxylation is 2. The van der Waals surface area contributed by atoms with E-state index in [-0.39, 0.29) is 5.91 Å². The van der Waals surface area contributed by atoms with E-state index in [1.165, 1.54) is 38.5 Å². The minimum atomic E-state index is 0.133. The summed E-state index contributed by atoms with van der Waals surface area (Å²) < 4.78 is 11.0. The molecule has 2 fully saturated rings. The van der Waals surface area contributed by atoms with Gasteiger partial charge in [-0.25, -0.2) is 0 Å². The lowest BCUT2D eigenvalue weighted by molar-refractivity contribution is -0.121. The van der Waals surface area contributed by atoms with Crippen molar-refractivity contribution in [2.24, 2.45) is 11.8 Å². The fourth-order valence-corrected chi connectivity index (χ4v) is 5.04. The van der Waals surface area contributed by atoms with Gasteiger partial charge in [0, 0.05) is 6.04 Å². The second kappa shape index (κ2) is 9.02. The van der Waals surface area contributed by atoms with Crippen LogP contribution in [-0.4, -0.2) is 17.1 Å². The molecule has 29 heavy (non-hydrogen) atoms. The van der Waals surface area contributed by atoms with Crippen LogP contribution in [0.3, 0.4) is 0 Å². The Hall–Kier alpha value is -2.30. The lowest BCUT2D eigenvalue weighted by atomic mass is 9.69. The molecular weight excluding hydrogens is 364 g/mol. The molecule has 5 heteroatoms. The van der Waals surface area contributed by atoms with E-state index in [0.29, 0.717) is 19.1 Å². The van der Waals surface area contributed by atoms with Gasteiger partial charge in [0.25, 0.3) is 0 Å². The number of amides is 1. The molecule has 2 aliphatic rings. The average molecular weight is 397 g/mol. The highest BCUT2D eigenvalue weighted by atomic mass is 16.5. The van der Waals surface area contributed by atoms with Gasteiger partial charge in [-0.2, -0.15) is 0 Å². The molecule has 2 aliphatic carbocycles. The summed E-state index contributed by atoms with van der Waals surface area (Å²) >= 11 is 0. The van der Waals surface area contributed by atoms with Gasteiger partial charge in [0.15, 0.2) is 0 Å². The maximum atomic E-state index is 12.5. The van der Waals surface area contributed by atoms with Crippen LogP contribution in [0.2, 0.25) is 0 Å². The number of ether oxygens (including phenoxy) is 1. The summed E-state index contributed by atoms with van der Waals surface area (Å²) in [6, 6.07) is 8.15. The highest BCUT2D eigenvalue weighted by molar-refractivity contribution is 5.78. The number of fused-ring (bicyclic) bond motifs is 1. The first-order chi connectivity index (χ1) is 14.1. The van der Waals surface area contributed by atoms with Crippen LogP contribution in [0.4, 0.5) is 0 Å². The molecule has 4 rings (SSSR count). The molecule has 1 heterocycles. The van der Waals surface area contributed by atoms with Gasteiger partial charge in [-0.1, -0.05) is 43.0 Å². The number of benzene rings is 1. The van der Waals surface area contributed by atoms with Gasteiger partial charge < -0.3 is 14.6 Å². The van der Waals surface area contributed by atoms with Crippen LogP contribution in [0.5, 0.6) is 5.75 Å². The summed E-state index contributed by atoms with van der Waals surface area (Å²) in [5, 5.41) is 7.23. The zero-order valence-electron chi connectivity index (χ0n) is 17.6. The Labute approximate surface area is 173 Å². The number of nitrogens with one attached hydrogen (secondary N) is 1. The molecule has 0 unspecified atom stereocenters. The lowest BCUT2D eigenvalue weighted by Crippen LogP contribution is -2.42. The average Bonchev–Trinajstić information content (AvgIpc) is 3.05. The molecule has 156 valence electrons. The van der Waals surface area contributed by atoms with Gasteiger partial charge in [-0.3, -0.25) is 4.79 Å². The molecule has 1 aromatic heterocycles. The van der Waals surface area contributed by atoms with Crippen LogP contribution in [0.25, 0.3) is 0 Å². The number of aromatic nitrogens is 1. The Morgan fingerprint density at radius 2 is 1.86 bits per heavy atom. The normalized spacial score (nSPS) is 24.0. The van der Waals surface area contributed by atoms with Crippen molar-refractivity contribution >= 4 is 5.91 Å². The monoisotopic (exact) mass is 396 g/mol. The van der Waals surface area contributed by atoms with Crippen LogP contribution in [-0.2, 0) is 17.8 Å². The number of carbonyl (C=O) groups excluding carboxylic acids is 1. The third-order valence-electron chi connectivity index (χ3n) is 6.76. The van der Waals surface area contributed by atoms with E-state index < -0.39 is 0 Å². The maximum Gasteiger partial charge on any atom is 0.224 e. The van der Waals surface area contributed by atoms with Crippen LogP contribution in [0.1, 0.15) is 67.5 Å². The van der Waals surface area contributed by atoms with E-state index >= 15 is 0 Å². The van der Waals surface area contributed by atoms with Crippen LogP contribution in [0, 0.1) is 25.7 Å². The second-order valence-corrected chi connectivity index (χ2v) is 8.79. The van der Waals surface area contributed by atoms with Crippen molar-refractivity contribution in [3.8, 4) is 5.75 Å². The summed E-state index contributed by atoms with van der Waals surface area (Å²) in [6.07, 6.45) is 9.54. The predicted octanol–water partition coefficient (Wildman–Crippen LogP) is 4.89. The van der Waals surface area contributed by atoms with Gasteiger partial charge in [0.2, 0.25) is 5.91 Å². The van der Waals surface area contributed by atoms with Crippen LogP contribution >= 0.6 is 0 Å². The van der Waals surface area contributed by atoms with E-state index in [0.717, 1.165) is 46.6 Å². The van der Waals surface area contributed by atoms with E-state index in [9.17, 15) is 4.79 Å². The summed E-state index contributed by atoms with van der Waals surface area (Å²) in [5.41, 5.74) is 2.86. The standard InChI is InChI=1S/C24H32N2O3/c1-16-23(17(2)29-26-16)15-28-22-11-7-18(8-12-22)13-24(27)25-21-10-9-19-5-3-4-6-20(19)14-21/h7-8,11-12,19-21H,3-6,9-10,13-15H2,1-2H3,(H,25,27)/t19-,20+,21-/m1/s1. The molecule has 5 nitrogen and oxygen atoms in total. The van der Waals surface area contributed by atoms with E-state index in [1.807, 2.05) is 38.1 Å². The summed E-state index contributed by atoms with van der Waals surface area (Å²) in [6.45, 7) is 4.24. The van der Waals surface area contributed by atoms with Gasteiger partial charge >= 0.3 is 0 Å². The Kier molecular flexibility index (Phi) is 6.22. The van der Waals surface area contributed by atoms with Gasteiger partial charge in [0.05, 0.1) is 17.7 Å². The first-order valence-corrected chi connectivity index (χ1v) is 11.0. The van der Waals surface area contributed by atoms with Crippen LogP contribution in [0.15, 0.2) is 28.8 Å². The van der Waals surface area contributed by atoms with E-state index in [4.69, 9.17) is 9.26 Å². The molecule has 2 aromatic rings. The smallest absolute Gasteiger partial charge is 0.224 e. The molecule has 1 aromatic carbocycles. The molecule has 1 N–H and O–H groups in total. The Balaban J connectivity index is 1.24. The molecule has 3 atom stereocenters. The zero-order valence-corrected chi connectivity index (χ0v) is 17.6. The number of carbonyl (C=O) groups is 1. The van der Waals surface area contributed by atoms with Crippen molar-refractivity contribution in [2.45, 2.75) is 77.9 Å². The van der Waals surface area contributed by atoms with Crippen molar-refractivity contribution in [3.05, 3.63) is 46.8 Å². The maximum absolute atomic E-state index is 12.5. The number of nitrogens with zero attached hydrogens (tertiary/aromatic N) is 1. The minimum Gasteiger partial charge on any atom is -0.489 e. The van der Waals surface area contributed by atoms with Gasteiger partial charge in [-0.15, -0.1) is 0 Å². The molecule has 1 amide bonds. The van der Waals surface area contributed by atoms with Crippen molar-refractivity contribution in [1.29, 1.82) is 0 Å². The van der Waals surface area contributed by atoms with Crippen molar-refractivity contribution in [3.63, 3.8) is 0 Å². The SMILES string of the molecule is Cc1noc(C)c1COc1ccc(CC(=O)N[C@@H]2CC[C@H]3CCCC[C@H]3C2)cc1. The second-order valence-electron chi connectivity index (χ2n) is 8.79. The quantitative estimate of drug-likeness (QED) is 0.755. The van der Waals surface area contributed by atoms with E-state index in [2.05, 4.69) is 10.5 Å². The largest absolute Gasteiger partial charge is 0.489 e. The molecular formula is C24H32N2O3. The third kappa shape index (κ3) is 5.01. The van der Waals surface area contributed by atoms with E-state index in [1.54, 1.807) is 0 Å². The van der Waals surface area contributed by atoms with Crippen molar-refractivity contribution in [1.82, 2.24) is 10.5 Å². The summed E-state index contributed by atoms with van der Waals surface area (Å²) in [7, 11) is 0. The summed E-state index contributed by atoms with van der Waals surface area (Å²) in [5.74, 6) is 3.45. The molecule has 0 saturated heterocycles. The number of hydrogen-bond acceptors (Lipinski definition) is 4. The summed E-state index contributed by atoms with van der Waals surface area (Å²) in [4.78, 5) is 12.5. The molecule has 0 bridgehead atoms. The number of hydrogen-bond donors (Lipinski definition) is 1. The lowest BCUT2D eigenvalue weighted by Gasteiger charge is -2.39. The van der Waals surface area contributed by atoms with Crippen molar-refractivity contribution in [2.75, 3.05) is 0 Å². The van der Waals surface area contributed by atoms with Gasteiger partial charge in [0.1, 0.15) is 18.1 Å². The topological polar surface area (TPSA) is 64.4 Å². The highest BCUT2D eigenvalue weighted by Crippen LogP contribution is 2.40. The first-order valence-electron chi connectivity index (χ1n) is 11.0. The van der Waals surface area contributed by atoms with Crippen LogP contribution < -0.4 is 10.1 Å². The highest BCUT2D eigenvalue weighted by Gasteiger charge is 2.32. The number of rotatable bonds is 6. The predicted molar refractivity (Wildman–Crippen MR) is 112 cm³/mol. The van der Waals surface area contributed by atoms with Crippen molar-refractivity contribution < 1.29 is 14.1 Å². The Morgan fingerprint density at radius 1 is 1.10 bits per heavy atom. The molecule has 0 aliphatic heterocycles.